The molecule has 1 fully saturated rings. The van der Waals surface area contributed by atoms with Gasteiger partial charge < -0.3 is 9.64 Å². The highest BCUT2D eigenvalue weighted by molar-refractivity contribution is 7.15. The zero-order valence-electron chi connectivity index (χ0n) is 13.3. The van der Waals surface area contributed by atoms with Gasteiger partial charge in [0, 0.05) is 30.7 Å². The van der Waals surface area contributed by atoms with Gasteiger partial charge in [-0.1, -0.05) is 12.1 Å². The van der Waals surface area contributed by atoms with E-state index in [-0.39, 0.29) is 11.7 Å². The number of para-hydroxylation sites is 1. The third-order valence-corrected chi connectivity index (χ3v) is 5.68. The third kappa shape index (κ3) is 2.26. The number of nitrogens with zero attached hydrogens (tertiary/aromatic N) is 3. The summed E-state index contributed by atoms with van der Waals surface area (Å²) in [5.41, 5.74) is 0.455. The van der Waals surface area contributed by atoms with E-state index in [1.54, 1.807) is 17.2 Å². The van der Waals surface area contributed by atoms with Crippen LogP contribution in [0.1, 0.15) is 33.7 Å². The Kier molecular flexibility index (Phi) is 3.03. The number of hydrogen-bond acceptors (Lipinski definition) is 5. The first-order chi connectivity index (χ1) is 12.1. The second kappa shape index (κ2) is 5.16. The zero-order valence-corrected chi connectivity index (χ0v) is 14.2. The molecule has 0 aliphatic carbocycles. The number of thiazole rings is 1. The van der Waals surface area contributed by atoms with Crippen LogP contribution in [-0.2, 0) is 0 Å². The number of likely N-dealkylation sites (tertiary alicyclic amines) is 1. The number of benzene rings is 1. The van der Waals surface area contributed by atoms with Crippen molar-refractivity contribution < 1.29 is 14.3 Å². The van der Waals surface area contributed by atoms with E-state index < -0.39 is 5.60 Å². The lowest BCUT2D eigenvalue weighted by Gasteiger charge is -2.34. The van der Waals surface area contributed by atoms with Gasteiger partial charge in [0.05, 0.1) is 18.5 Å². The quantitative estimate of drug-likeness (QED) is 0.675. The van der Waals surface area contributed by atoms with E-state index in [1.165, 1.54) is 11.3 Å². The fourth-order valence-electron chi connectivity index (χ4n) is 3.68. The number of fused-ring (bicyclic) bond motifs is 2. The maximum absolute atomic E-state index is 12.8. The summed E-state index contributed by atoms with van der Waals surface area (Å²) in [4.78, 5) is 32.2. The largest absolute Gasteiger partial charge is 0.484 e. The normalized spacial score (nSPS) is 22.4. The molecule has 0 saturated carbocycles. The van der Waals surface area contributed by atoms with Crippen molar-refractivity contribution >= 4 is 28.0 Å². The van der Waals surface area contributed by atoms with Gasteiger partial charge >= 0.3 is 0 Å². The second-order valence-electron chi connectivity index (χ2n) is 6.58. The molecule has 0 unspecified atom stereocenters. The van der Waals surface area contributed by atoms with Crippen LogP contribution in [0.4, 0.5) is 0 Å². The minimum atomic E-state index is -0.613. The van der Waals surface area contributed by atoms with Gasteiger partial charge in [-0.25, -0.2) is 4.98 Å². The molecule has 1 amide bonds. The molecule has 3 aromatic rings. The van der Waals surface area contributed by atoms with Crippen LogP contribution < -0.4 is 4.74 Å². The number of amides is 1. The number of ketones is 1. The Balaban J connectivity index is 1.40. The molecular weight excluding hydrogens is 338 g/mol. The summed E-state index contributed by atoms with van der Waals surface area (Å²) >= 11 is 1.49. The van der Waals surface area contributed by atoms with Crippen molar-refractivity contribution in [3.8, 4) is 5.75 Å². The Morgan fingerprint density at radius 1 is 1.32 bits per heavy atom. The molecule has 2 aromatic heterocycles. The minimum absolute atomic E-state index is 0.0821. The molecule has 25 heavy (non-hydrogen) atoms. The smallest absolute Gasteiger partial charge is 0.274 e. The minimum Gasteiger partial charge on any atom is -0.484 e. The van der Waals surface area contributed by atoms with Crippen molar-refractivity contribution in [1.82, 2.24) is 14.3 Å². The lowest BCUT2D eigenvalue weighted by atomic mass is 9.89. The number of Topliss-reactive ketones (excluding diaryl/α,β-unsaturated/α-hetero) is 1. The Morgan fingerprint density at radius 3 is 3.08 bits per heavy atom. The third-order valence-electron chi connectivity index (χ3n) is 4.91. The van der Waals surface area contributed by atoms with Crippen molar-refractivity contribution in [3.63, 3.8) is 0 Å². The molecule has 126 valence electrons. The fraction of sp³-hybridized carbons (Fsp3) is 0.278. The van der Waals surface area contributed by atoms with Crippen LogP contribution in [0, 0.1) is 0 Å². The molecule has 0 radical (unpaired) electrons. The topological polar surface area (TPSA) is 63.9 Å². The van der Waals surface area contributed by atoms with Crippen LogP contribution in [0.15, 0.2) is 42.0 Å². The van der Waals surface area contributed by atoms with Crippen molar-refractivity contribution in [2.75, 3.05) is 13.1 Å². The molecule has 2 aliphatic rings. The first-order valence-electron chi connectivity index (χ1n) is 8.16. The number of hydrogen-bond donors (Lipinski definition) is 0. The summed E-state index contributed by atoms with van der Waals surface area (Å²) in [5, 5.41) is 1.93. The molecule has 0 bridgehead atoms. The van der Waals surface area contributed by atoms with Gasteiger partial charge in [-0.2, -0.15) is 0 Å². The SMILES string of the molecule is O=C1C[C@]2(CCN(C(=O)c3cn4ccsc4n3)C2)Oc2ccccc21. The molecule has 1 aromatic carbocycles. The van der Waals surface area contributed by atoms with Gasteiger partial charge in [0.15, 0.2) is 10.7 Å². The standard InChI is InChI=1S/C18H15N3O3S/c22-14-9-18(24-15-4-2-1-3-12(14)15)5-6-21(11-18)16(23)13-10-20-7-8-25-17(20)19-13/h1-4,7-8,10H,5-6,9,11H2/t18-/m0/s1. The molecule has 2 aliphatic heterocycles. The van der Waals surface area contributed by atoms with E-state index in [0.717, 1.165) is 4.96 Å². The Hall–Kier alpha value is -2.67. The lowest BCUT2D eigenvalue weighted by Crippen LogP contribution is -2.45. The number of aromatic nitrogens is 2. The van der Waals surface area contributed by atoms with Gasteiger partial charge in [-0.3, -0.25) is 14.0 Å². The maximum Gasteiger partial charge on any atom is 0.274 e. The molecule has 1 spiro atoms. The van der Waals surface area contributed by atoms with Crippen LogP contribution in [0.3, 0.4) is 0 Å². The molecule has 7 heteroatoms. The van der Waals surface area contributed by atoms with Gasteiger partial charge in [0.25, 0.3) is 5.91 Å². The monoisotopic (exact) mass is 353 g/mol. The molecule has 6 nitrogen and oxygen atoms in total. The summed E-state index contributed by atoms with van der Waals surface area (Å²) in [5.74, 6) is 0.594. The van der Waals surface area contributed by atoms with Crippen LogP contribution in [0.5, 0.6) is 5.75 Å². The number of ether oxygens (including phenoxy) is 1. The van der Waals surface area contributed by atoms with E-state index in [2.05, 4.69) is 4.98 Å². The average molecular weight is 353 g/mol. The van der Waals surface area contributed by atoms with E-state index in [0.29, 0.717) is 42.9 Å². The lowest BCUT2D eigenvalue weighted by molar-refractivity contribution is 0.0427. The molecule has 0 N–H and O–H groups in total. The van der Waals surface area contributed by atoms with Gasteiger partial charge in [-0.05, 0) is 12.1 Å². The highest BCUT2D eigenvalue weighted by atomic mass is 32.1. The summed E-state index contributed by atoms with van der Waals surface area (Å²) in [7, 11) is 0. The summed E-state index contributed by atoms with van der Waals surface area (Å²) < 4.78 is 8.02. The average Bonchev–Trinajstić information content (AvgIpc) is 3.29. The van der Waals surface area contributed by atoms with Crippen molar-refractivity contribution in [3.05, 3.63) is 53.3 Å². The van der Waals surface area contributed by atoms with Crippen molar-refractivity contribution in [1.29, 1.82) is 0 Å². The van der Waals surface area contributed by atoms with Crippen molar-refractivity contribution in [2.45, 2.75) is 18.4 Å². The molecule has 5 rings (SSSR count). The molecule has 1 atom stereocenters. The van der Waals surface area contributed by atoms with Gasteiger partial charge in [0.1, 0.15) is 17.0 Å². The van der Waals surface area contributed by atoms with Crippen LogP contribution in [0.25, 0.3) is 4.96 Å². The van der Waals surface area contributed by atoms with E-state index in [1.807, 2.05) is 34.2 Å². The summed E-state index contributed by atoms with van der Waals surface area (Å²) in [6, 6.07) is 7.32. The van der Waals surface area contributed by atoms with Crippen LogP contribution >= 0.6 is 11.3 Å². The van der Waals surface area contributed by atoms with Gasteiger partial charge in [-0.15, -0.1) is 11.3 Å². The van der Waals surface area contributed by atoms with E-state index in [4.69, 9.17) is 4.74 Å². The Morgan fingerprint density at radius 2 is 2.20 bits per heavy atom. The first-order valence-corrected chi connectivity index (χ1v) is 9.04. The summed E-state index contributed by atoms with van der Waals surface area (Å²) in [6.45, 7) is 0.983. The predicted molar refractivity (Wildman–Crippen MR) is 92.3 cm³/mol. The molecule has 4 heterocycles. The Bertz CT molecular complexity index is 979. The van der Waals surface area contributed by atoms with E-state index in [9.17, 15) is 9.59 Å². The maximum atomic E-state index is 12.8. The zero-order chi connectivity index (χ0) is 17.0. The second-order valence-corrected chi connectivity index (χ2v) is 7.45. The number of carbonyl (C=O) groups excluding carboxylic acids is 2. The van der Waals surface area contributed by atoms with Gasteiger partial charge in [0.2, 0.25) is 0 Å². The molecule has 1 saturated heterocycles. The highest BCUT2D eigenvalue weighted by Gasteiger charge is 2.47. The first kappa shape index (κ1) is 14.7. The predicted octanol–water partition coefficient (Wildman–Crippen LogP) is 2.65. The Labute approximate surface area is 147 Å². The number of rotatable bonds is 1. The van der Waals surface area contributed by atoms with Crippen molar-refractivity contribution in [2.24, 2.45) is 0 Å². The van der Waals surface area contributed by atoms with Crippen LogP contribution in [-0.4, -0.2) is 44.7 Å². The highest BCUT2D eigenvalue weighted by Crippen LogP contribution is 2.38. The number of imidazole rings is 1. The summed E-state index contributed by atoms with van der Waals surface area (Å²) in [6.07, 6.45) is 4.60. The fourth-order valence-corrected chi connectivity index (χ4v) is 4.38. The molecular formula is C18H15N3O3S. The number of carbonyl (C=O) groups is 2. The van der Waals surface area contributed by atoms with Crippen LogP contribution in [0.2, 0.25) is 0 Å². The van der Waals surface area contributed by atoms with E-state index >= 15 is 0 Å².